The van der Waals surface area contributed by atoms with Gasteiger partial charge in [0.2, 0.25) is 0 Å². The van der Waals surface area contributed by atoms with Gasteiger partial charge in [0.15, 0.2) is 4.33 Å². The van der Waals surface area contributed by atoms with Crippen molar-refractivity contribution in [1.82, 2.24) is 10.0 Å². The van der Waals surface area contributed by atoms with Crippen molar-refractivity contribution in [2.45, 2.75) is 20.6 Å². The van der Waals surface area contributed by atoms with E-state index in [0.717, 1.165) is 11.1 Å². The number of carbonyl (C=O) groups excluding carboxylic acids is 3. The van der Waals surface area contributed by atoms with E-state index in [4.69, 9.17) is 81.2 Å². The Morgan fingerprint density at radius 1 is 0.921 bits per heavy atom. The molecule has 2 bridgehead atoms. The number of hydrogen-bond acceptors (Lipinski definition) is 5. The Morgan fingerprint density at radius 3 is 1.95 bits per heavy atom. The third kappa shape index (κ3) is 3.48. The van der Waals surface area contributed by atoms with Crippen LogP contribution in [0.5, 0.6) is 0 Å². The molecule has 3 amide bonds. The van der Waals surface area contributed by atoms with Gasteiger partial charge < -0.3 is 0 Å². The van der Waals surface area contributed by atoms with Gasteiger partial charge in [0, 0.05) is 22.7 Å². The van der Waals surface area contributed by atoms with Crippen LogP contribution in [-0.2, 0) is 16.1 Å². The van der Waals surface area contributed by atoms with Crippen LogP contribution in [0.15, 0.2) is 58.6 Å². The van der Waals surface area contributed by atoms with Crippen molar-refractivity contribution in [2.75, 3.05) is 0 Å². The van der Waals surface area contributed by atoms with Gasteiger partial charge in [-0.05, 0) is 23.8 Å². The van der Waals surface area contributed by atoms with Crippen molar-refractivity contribution in [1.29, 1.82) is 0 Å². The van der Waals surface area contributed by atoms with Crippen LogP contribution in [-0.4, -0.2) is 46.7 Å². The number of nitro groups is 1. The number of non-ortho nitro benzene ring substituents is 1. The molecule has 1 saturated heterocycles. The maximum Gasteiger partial charge on any atom is 0.273 e. The van der Waals surface area contributed by atoms with Crippen LogP contribution < -0.4 is 0 Å². The topological polar surface area (TPSA) is 101 Å². The van der Waals surface area contributed by atoms with E-state index in [2.05, 4.69) is 0 Å². The fourth-order valence-corrected chi connectivity index (χ4v) is 8.17. The van der Waals surface area contributed by atoms with E-state index >= 15 is 0 Å². The maximum absolute atomic E-state index is 13.9. The van der Waals surface area contributed by atoms with Crippen LogP contribution in [0.25, 0.3) is 0 Å². The van der Waals surface area contributed by atoms with Crippen molar-refractivity contribution in [2.24, 2.45) is 11.8 Å². The molecule has 1 aliphatic heterocycles. The first-order valence-electron chi connectivity index (χ1n) is 10.7. The Hall–Kier alpha value is -1.78. The van der Waals surface area contributed by atoms with E-state index in [1.807, 2.05) is 0 Å². The quantitative estimate of drug-likeness (QED) is 0.164. The number of nitrogens with zero attached hydrogens (tertiary/aromatic N) is 3. The van der Waals surface area contributed by atoms with Crippen LogP contribution in [0, 0.1) is 22.0 Å². The van der Waals surface area contributed by atoms with Gasteiger partial charge in [-0.1, -0.05) is 76.2 Å². The lowest BCUT2D eigenvalue weighted by Gasteiger charge is -2.37. The summed E-state index contributed by atoms with van der Waals surface area (Å²) in [6.45, 7) is -0.304. The molecule has 0 N–H and O–H groups in total. The predicted octanol–water partition coefficient (Wildman–Crippen LogP) is 6.25. The summed E-state index contributed by atoms with van der Waals surface area (Å²) in [5.74, 6) is -5.72. The number of hydrazine groups is 1. The third-order valence-electron chi connectivity index (χ3n) is 6.91. The number of allylic oxidation sites excluding steroid dienone is 2. The van der Waals surface area contributed by atoms with Gasteiger partial charge >= 0.3 is 0 Å². The van der Waals surface area contributed by atoms with Gasteiger partial charge in [-0.2, -0.15) is 5.01 Å². The Balaban J connectivity index is 1.62. The molecule has 15 heteroatoms. The first-order valence-corrected chi connectivity index (χ1v) is 13.3. The monoisotopic (exact) mass is 655 g/mol. The van der Waals surface area contributed by atoms with Crippen molar-refractivity contribution in [3.63, 3.8) is 0 Å². The molecular formula is C23H12Cl7N3O5. The molecule has 3 aliphatic rings. The zero-order valence-corrected chi connectivity index (χ0v) is 23.8. The molecule has 2 fully saturated rings. The number of nitro benzene ring substituents is 1. The minimum Gasteiger partial charge on any atom is -0.272 e. The Morgan fingerprint density at radius 2 is 1.45 bits per heavy atom. The average molecular weight is 659 g/mol. The van der Waals surface area contributed by atoms with Crippen molar-refractivity contribution in [3.05, 3.63) is 84.9 Å². The van der Waals surface area contributed by atoms with Crippen molar-refractivity contribution < 1.29 is 19.3 Å². The molecule has 1 saturated carbocycles. The minimum atomic E-state index is -2.14. The molecule has 2 aromatic carbocycles. The standard InChI is InChI=1S/C23H12Cl7N3O5/c24-12-6-4-10(5-7-12)9-31(18(34)11-2-1-3-13(8-11)33(37)38)32-19(35)14-15(20(32)36)22(28)17(26)16(25)21(14,27)23(22,29)30/h1-8,14-15H,9H2/t14-,15-,21+,22+/m0/s1. The lowest BCUT2D eigenvalue weighted by molar-refractivity contribution is -0.384. The van der Waals surface area contributed by atoms with Gasteiger partial charge in [0.1, 0.15) is 9.75 Å². The lowest BCUT2D eigenvalue weighted by Crippen LogP contribution is -2.55. The van der Waals surface area contributed by atoms with Crippen molar-refractivity contribution >= 4 is 105 Å². The summed E-state index contributed by atoms with van der Waals surface area (Å²) < 4.78 is -2.14. The molecular weight excluding hydrogens is 646 g/mol. The smallest absolute Gasteiger partial charge is 0.272 e. The number of imide groups is 1. The highest BCUT2D eigenvalue weighted by molar-refractivity contribution is 6.66. The second kappa shape index (κ2) is 9.13. The Labute approximate surface area is 250 Å². The summed E-state index contributed by atoms with van der Waals surface area (Å²) >= 11 is 45.3. The van der Waals surface area contributed by atoms with E-state index in [1.54, 1.807) is 24.3 Å². The Kier molecular flexibility index (Phi) is 6.67. The summed E-state index contributed by atoms with van der Waals surface area (Å²) in [6, 6.07) is 11.1. The summed E-state index contributed by atoms with van der Waals surface area (Å²) in [7, 11) is 0. The zero-order valence-electron chi connectivity index (χ0n) is 18.5. The number of benzene rings is 2. The van der Waals surface area contributed by atoms with Crippen LogP contribution in [0.4, 0.5) is 5.69 Å². The molecule has 2 aliphatic carbocycles. The molecule has 38 heavy (non-hydrogen) atoms. The number of carbonyl (C=O) groups is 3. The van der Waals surface area contributed by atoms with Gasteiger partial charge in [0.25, 0.3) is 23.4 Å². The van der Waals surface area contributed by atoms with E-state index < -0.39 is 48.6 Å². The summed E-state index contributed by atoms with van der Waals surface area (Å²) in [4.78, 5) is 48.0. The molecule has 5 rings (SSSR count). The van der Waals surface area contributed by atoms with Gasteiger partial charge in [0.05, 0.1) is 33.4 Å². The number of halogens is 7. The van der Waals surface area contributed by atoms with Gasteiger partial charge in [-0.3, -0.25) is 24.5 Å². The number of rotatable bonds is 5. The molecule has 1 heterocycles. The van der Waals surface area contributed by atoms with E-state index in [1.165, 1.54) is 18.2 Å². The fraction of sp³-hybridized carbons (Fsp3) is 0.261. The van der Waals surface area contributed by atoms with Crippen LogP contribution in [0.2, 0.25) is 5.02 Å². The van der Waals surface area contributed by atoms with Crippen LogP contribution >= 0.6 is 81.2 Å². The molecule has 2 aromatic rings. The summed E-state index contributed by atoms with van der Waals surface area (Å²) in [5.41, 5.74) is -0.0473. The van der Waals surface area contributed by atoms with Crippen LogP contribution in [0.1, 0.15) is 15.9 Å². The first-order chi connectivity index (χ1) is 17.7. The number of fused-ring (bicyclic) bond motifs is 5. The van der Waals surface area contributed by atoms with E-state index in [9.17, 15) is 24.5 Å². The highest BCUT2D eigenvalue weighted by Crippen LogP contribution is 2.77. The highest BCUT2D eigenvalue weighted by atomic mass is 35.5. The molecule has 8 nitrogen and oxygen atoms in total. The molecule has 4 atom stereocenters. The second-order valence-corrected chi connectivity index (χ2v) is 12.6. The van der Waals surface area contributed by atoms with Gasteiger partial charge in [-0.15, -0.1) is 23.2 Å². The summed E-state index contributed by atoms with van der Waals surface area (Å²) in [5, 5.41) is 12.6. The molecule has 0 spiro atoms. The van der Waals surface area contributed by atoms with Gasteiger partial charge in [-0.25, -0.2) is 5.01 Å². The molecule has 198 valence electrons. The maximum atomic E-state index is 13.9. The lowest BCUT2D eigenvalue weighted by atomic mass is 9.84. The minimum absolute atomic E-state index is 0.159. The fourth-order valence-electron chi connectivity index (χ4n) is 5.12. The largest absolute Gasteiger partial charge is 0.273 e. The molecule has 0 unspecified atom stereocenters. The Bertz CT molecular complexity index is 1420. The number of amides is 3. The highest BCUT2D eigenvalue weighted by Gasteiger charge is 2.88. The first kappa shape index (κ1) is 27.8. The van der Waals surface area contributed by atoms with E-state index in [-0.39, 0.29) is 27.9 Å². The zero-order chi connectivity index (χ0) is 27.9. The SMILES string of the molecule is O=C(c1cccc([N+](=O)[O-])c1)N(Cc1ccc(Cl)cc1)N1C(=O)[C@@H]2[C@@H](C1=O)[C@@]1(Cl)C(Cl)=C(Cl)[C@@]2(Cl)C1(Cl)Cl. The molecule has 0 radical (unpaired) electrons. The van der Waals surface area contributed by atoms with Crippen LogP contribution in [0.3, 0.4) is 0 Å². The third-order valence-corrected chi connectivity index (χ3v) is 11.4. The average Bonchev–Trinajstić information content (AvgIpc) is 3.26. The van der Waals surface area contributed by atoms with E-state index in [0.29, 0.717) is 15.6 Å². The molecule has 0 aromatic heterocycles. The number of alkyl halides is 4. The number of hydrogen-bond donors (Lipinski definition) is 0. The van der Waals surface area contributed by atoms with Crippen molar-refractivity contribution in [3.8, 4) is 0 Å². The predicted molar refractivity (Wildman–Crippen MR) is 144 cm³/mol. The normalized spacial score (nSPS) is 29.2. The second-order valence-electron chi connectivity index (χ2n) is 8.87. The summed E-state index contributed by atoms with van der Waals surface area (Å²) in [6.07, 6.45) is 0.